The van der Waals surface area contributed by atoms with E-state index in [1.165, 1.54) is 0 Å². The molecule has 1 heterocycles. The fourth-order valence-electron chi connectivity index (χ4n) is 1.64. The third-order valence-electron chi connectivity index (χ3n) is 2.36. The van der Waals surface area contributed by atoms with Crippen LogP contribution in [0.25, 0.3) is 0 Å². The first-order valence-electron chi connectivity index (χ1n) is 5.88. The SMILES string of the molecule is Cn1cccc1[C@@H](CC=O)NC(=O)OC(C)(C)C. The van der Waals surface area contributed by atoms with Crippen molar-refractivity contribution in [1.29, 1.82) is 0 Å². The molecule has 0 radical (unpaired) electrons. The maximum absolute atomic E-state index is 11.7. The van der Waals surface area contributed by atoms with Crippen LogP contribution < -0.4 is 5.32 Å². The summed E-state index contributed by atoms with van der Waals surface area (Å²) in [7, 11) is 1.86. The van der Waals surface area contributed by atoms with Crippen molar-refractivity contribution in [1.82, 2.24) is 9.88 Å². The molecule has 1 amide bonds. The summed E-state index contributed by atoms with van der Waals surface area (Å²) in [6, 6.07) is 3.37. The summed E-state index contributed by atoms with van der Waals surface area (Å²) in [5.74, 6) is 0. The average Bonchev–Trinajstić information content (AvgIpc) is 2.60. The van der Waals surface area contributed by atoms with Crippen molar-refractivity contribution in [2.45, 2.75) is 38.8 Å². The van der Waals surface area contributed by atoms with E-state index in [-0.39, 0.29) is 12.5 Å². The number of carbonyl (C=O) groups is 2. The second-order valence-electron chi connectivity index (χ2n) is 5.15. The molecule has 5 nitrogen and oxygen atoms in total. The van der Waals surface area contributed by atoms with Crippen LogP contribution in [0.15, 0.2) is 18.3 Å². The topological polar surface area (TPSA) is 60.3 Å². The summed E-state index contributed by atoms with van der Waals surface area (Å²) in [5, 5.41) is 2.70. The van der Waals surface area contributed by atoms with Crippen LogP contribution in [0.4, 0.5) is 4.79 Å². The number of amides is 1. The number of alkyl carbamates (subject to hydrolysis) is 1. The van der Waals surface area contributed by atoms with E-state index < -0.39 is 11.7 Å². The third-order valence-corrected chi connectivity index (χ3v) is 2.36. The predicted molar refractivity (Wildman–Crippen MR) is 68.2 cm³/mol. The molecule has 0 bridgehead atoms. The highest BCUT2D eigenvalue weighted by atomic mass is 16.6. The maximum atomic E-state index is 11.7. The van der Waals surface area contributed by atoms with Gasteiger partial charge in [-0.25, -0.2) is 4.79 Å². The van der Waals surface area contributed by atoms with Crippen molar-refractivity contribution >= 4 is 12.4 Å². The number of carbonyl (C=O) groups excluding carboxylic acids is 2. The van der Waals surface area contributed by atoms with E-state index in [0.717, 1.165) is 12.0 Å². The molecule has 0 saturated heterocycles. The van der Waals surface area contributed by atoms with Crippen LogP contribution in [0.3, 0.4) is 0 Å². The standard InChI is InChI=1S/C13H20N2O3/c1-13(2,3)18-12(17)14-10(7-9-16)11-6-5-8-15(11)4/h5-6,8-10H,7H2,1-4H3,(H,14,17)/t10-/m1/s1. The first kappa shape index (κ1) is 14.3. The average molecular weight is 252 g/mol. The molecule has 1 N–H and O–H groups in total. The largest absolute Gasteiger partial charge is 0.444 e. The molecule has 0 unspecified atom stereocenters. The van der Waals surface area contributed by atoms with Gasteiger partial charge in [-0.05, 0) is 32.9 Å². The second-order valence-corrected chi connectivity index (χ2v) is 5.15. The van der Waals surface area contributed by atoms with Crippen LogP contribution in [0.5, 0.6) is 0 Å². The van der Waals surface area contributed by atoms with Gasteiger partial charge < -0.3 is 19.4 Å². The Morgan fingerprint density at radius 3 is 2.67 bits per heavy atom. The molecule has 1 aromatic heterocycles. The Hall–Kier alpha value is -1.78. The molecule has 0 saturated carbocycles. The van der Waals surface area contributed by atoms with E-state index in [2.05, 4.69) is 5.32 Å². The van der Waals surface area contributed by atoms with E-state index in [9.17, 15) is 9.59 Å². The summed E-state index contributed by atoms with van der Waals surface area (Å²) in [5.41, 5.74) is 0.317. The molecule has 18 heavy (non-hydrogen) atoms. The van der Waals surface area contributed by atoms with E-state index in [0.29, 0.717) is 0 Å². The molecular weight excluding hydrogens is 232 g/mol. The number of ether oxygens (including phenoxy) is 1. The first-order chi connectivity index (χ1) is 8.33. The van der Waals surface area contributed by atoms with E-state index >= 15 is 0 Å². The Balaban J connectivity index is 2.73. The number of hydrogen-bond donors (Lipinski definition) is 1. The van der Waals surface area contributed by atoms with Gasteiger partial charge in [-0.1, -0.05) is 0 Å². The zero-order valence-corrected chi connectivity index (χ0v) is 11.3. The minimum absolute atomic E-state index is 0.219. The fourth-order valence-corrected chi connectivity index (χ4v) is 1.64. The molecule has 0 aliphatic rings. The van der Waals surface area contributed by atoms with Gasteiger partial charge in [0.25, 0.3) is 0 Å². The monoisotopic (exact) mass is 252 g/mol. The highest BCUT2D eigenvalue weighted by Crippen LogP contribution is 2.17. The number of nitrogens with zero attached hydrogens (tertiary/aromatic N) is 1. The smallest absolute Gasteiger partial charge is 0.408 e. The van der Waals surface area contributed by atoms with Gasteiger partial charge in [-0.15, -0.1) is 0 Å². The van der Waals surface area contributed by atoms with Crippen LogP contribution >= 0.6 is 0 Å². The van der Waals surface area contributed by atoms with Gasteiger partial charge >= 0.3 is 6.09 Å². The van der Waals surface area contributed by atoms with Crippen molar-refractivity contribution < 1.29 is 14.3 Å². The minimum Gasteiger partial charge on any atom is -0.444 e. The van der Waals surface area contributed by atoms with Gasteiger partial charge in [0.15, 0.2) is 0 Å². The molecule has 0 aliphatic carbocycles. The number of rotatable bonds is 4. The highest BCUT2D eigenvalue weighted by molar-refractivity contribution is 5.69. The van der Waals surface area contributed by atoms with Crippen LogP contribution in [0, 0.1) is 0 Å². The second kappa shape index (κ2) is 5.71. The lowest BCUT2D eigenvalue weighted by Gasteiger charge is -2.23. The van der Waals surface area contributed by atoms with E-state index in [1.54, 1.807) is 20.8 Å². The van der Waals surface area contributed by atoms with Crippen LogP contribution in [0.2, 0.25) is 0 Å². The van der Waals surface area contributed by atoms with Gasteiger partial charge in [0.2, 0.25) is 0 Å². The number of aromatic nitrogens is 1. The molecule has 0 aromatic carbocycles. The van der Waals surface area contributed by atoms with Crippen molar-refractivity contribution in [3.8, 4) is 0 Å². The van der Waals surface area contributed by atoms with Crippen LogP contribution in [-0.4, -0.2) is 22.5 Å². The first-order valence-corrected chi connectivity index (χ1v) is 5.88. The Kier molecular flexibility index (Phi) is 4.53. The molecule has 0 aliphatic heterocycles. The van der Waals surface area contributed by atoms with Gasteiger partial charge in [0, 0.05) is 25.4 Å². The van der Waals surface area contributed by atoms with E-state index in [4.69, 9.17) is 4.74 Å². The molecule has 1 atom stereocenters. The molecular formula is C13H20N2O3. The lowest BCUT2D eigenvalue weighted by Crippen LogP contribution is -2.35. The summed E-state index contributed by atoms with van der Waals surface area (Å²) >= 11 is 0. The Morgan fingerprint density at radius 2 is 2.22 bits per heavy atom. The maximum Gasteiger partial charge on any atom is 0.408 e. The summed E-state index contributed by atoms with van der Waals surface area (Å²) in [6.45, 7) is 5.39. The van der Waals surface area contributed by atoms with Crippen molar-refractivity contribution in [3.05, 3.63) is 24.0 Å². The Bertz CT molecular complexity index is 418. The number of aryl methyl sites for hydroxylation is 1. The number of hydrogen-bond acceptors (Lipinski definition) is 3. The Labute approximate surface area is 107 Å². The zero-order valence-electron chi connectivity index (χ0n) is 11.3. The molecule has 1 rings (SSSR count). The molecule has 5 heteroatoms. The highest BCUT2D eigenvalue weighted by Gasteiger charge is 2.21. The van der Waals surface area contributed by atoms with Crippen molar-refractivity contribution in [2.24, 2.45) is 7.05 Å². The lowest BCUT2D eigenvalue weighted by molar-refractivity contribution is -0.108. The molecule has 0 fully saturated rings. The fraction of sp³-hybridized carbons (Fsp3) is 0.538. The van der Waals surface area contributed by atoms with Crippen molar-refractivity contribution in [3.63, 3.8) is 0 Å². The normalized spacial score (nSPS) is 12.9. The lowest BCUT2D eigenvalue weighted by atomic mass is 10.1. The quantitative estimate of drug-likeness (QED) is 0.835. The predicted octanol–water partition coefficient (Wildman–Crippen LogP) is 2.18. The van der Waals surface area contributed by atoms with Gasteiger partial charge in [0.1, 0.15) is 11.9 Å². The summed E-state index contributed by atoms with van der Waals surface area (Å²) in [6.07, 6.45) is 2.35. The summed E-state index contributed by atoms with van der Waals surface area (Å²) in [4.78, 5) is 22.4. The Morgan fingerprint density at radius 1 is 1.56 bits per heavy atom. The molecule has 100 valence electrons. The van der Waals surface area contributed by atoms with Crippen molar-refractivity contribution in [2.75, 3.05) is 0 Å². The number of aldehydes is 1. The minimum atomic E-state index is -0.552. The van der Waals surface area contributed by atoms with E-state index in [1.807, 2.05) is 29.9 Å². The zero-order chi connectivity index (χ0) is 13.8. The van der Waals surface area contributed by atoms with Gasteiger partial charge in [-0.2, -0.15) is 0 Å². The van der Waals surface area contributed by atoms with Crippen LogP contribution in [-0.2, 0) is 16.6 Å². The third kappa shape index (κ3) is 4.24. The molecule has 0 spiro atoms. The van der Waals surface area contributed by atoms with Gasteiger partial charge in [-0.3, -0.25) is 0 Å². The number of nitrogens with one attached hydrogen (secondary N) is 1. The summed E-state index contributed by atoms with van der Waals surface area (Å²) < 4.78 is 7.04. The van der Waals surface area contributed by atoms with Crippen LogP contribution in [0.1, 0.15) is 38.9 Å². The molecule has 1 aromatic rings. The van der Waals surface area contributed by atoms with Gasteiger partial charge in [0.05, 0.1) is 6.04 Å².